The summed E-state index contributed by atoms with van der Waals surface area (Å²) in [5.74, 6) is 0. The number of aromatic nitrogens is 3. The van der Waals surface area contributed by atoms with Crippen molar-refractivity contribution in [3.8, 4) is 0 Å². The van der Waals surface area contributed by atoms with Crippen LogP contribution in [0.3, 0.4) is 0 Å². The number of pyridine rings is 1. The van der Waals surface area contributed by atoms with E-state index in [9.17, 15) is 0 Å². The summed E-state index contributed by atoms with van der Waals surface area (Å²) in [4.78, 5) is 4.46. The number of aryl methyl sites for hydroxylation is 2. The summed E-state index contributed by atoms with van der Waals surface area (Å²) < 4.78 is 1.76. The molecule has 17 heavy (non-hydrogen) atoms. The fraction of sp³-hybridized carbons (Fsp3) is 0.182. The zero-order valence-electron chi connectivity index (χ0n) is 9.64. The molecule has 2 heterocycles. The molecule has 0 saturated heterocycles. The van der Waals surface area contributed by atoms with Crippen molar-refractivity contribution in [1.29, 1.82) is 0 Å². The Bertz CT molecular complexity index is 543. The predicted octanol–water partition coefficient (Wildman–Crippen LogP) is 1.50. The molecule has 5 nitrogen and oxygen atoms in total. The fourth-order valence-electron chi connectivity index (χ4n) is 1.49. The summed E-state index contributed by atoms with van der Waals surface area (Å²) in [6.07, 6.45) is 3.61. The van der Waals surface area contributed by atoms with Crippen LogP contribution in [0.15, 0.2) is 24.5 Å². The number of rotatable bonds is 3. The number of anilines is 2. The number of hydrogen-bond acceptors (Lipinski definition) is 4. The Morgan fingerprint density at radius 2 is 2.24 bits per heavy atom. The lowest BCUT2D eigenvalue weighted by Crippen LogP contribution is -2.11. The SMILES string of the molecule is Cc1nn(C)cc1Nc1ccc(C(N)=S)nc1. The van der Waals surface area contributed by atoms with Gasteiger partial charge in [-0.2, -0.15) is 5.10 Å². The number of nitrogens with zero attached hydrogens (tertiary/aromatic N) is 3. The van der Waals surface area contributed by atoms with Crippen LogP contribution in [0.25, 0.3) is 0 Å². The van der Waals surface area contributed by atoms with E-state index in [0.29, 0.717) is 10.7 Å². The van der Waals surface area contributed by atoms with E-state index >= 15 is 0 Å². The Morgan fingerprint density at radius 3 is 2.71 bits per heavy atom. The summed E-state index contributed by atoms with van der Waals surface area (Å²) >= 11 is 4.84. The van der Waals surface area contributed by atoms with Gasteiger partial charge in [0, 0.05) is 13.2 Å². The molecule has 2 aromatic heterocycles. The quantitative estimate of drug-likeness (QED) is 0.804. The molecule has 0 spiro atoms. The van der Waals surface area contributed by atoms with Crippen molar-refractivity contribution < 1.29 is 0 Å². The smallest absolute Gasteiger partial charge is 0.122 e. The van der Waals surface area contributed by atoms with Crippen LogP contribution in [0.1, 0.15) is 11.4 Å². The zero-order chi connectivity index (χ0) is 12.4. The highest BCUT2D eigenvalue weighted by Gasteiger charge is 2.04. The number of hydrogen-bond donors (Lipinski definition) is 2. The Labute approximate surface area is 105 Å². The Hall–Kier alpha value is -1.95. The topological polar surface area (TPSA) is 68.8 Å². The third-order valence-electron chi connectivity index (χ3n) is 2.31. The number of thiocarbonyl (C=S) groups is 1. The highest BCUT2D eigenvalue weighted by Crippen LogP contribution is 2.18. The van der Waals surface area contributed by atoms with Gasteiger partial charge in [-0.15, -0.1) is 0 Å². The van der Waals surface area contributed by atoms with E-state index in [2.05, 4.69) is 15.4 Å². The average Bonchev–Trinajstić information content (AvgIpc) is 2.58. The second-order valence-corrected chi connectivity index (χ2v) is 4.16. The maximum atomic E-state index is 5.48. The van der Waals surface area contributed by atoms with Crippen molar-refractivity contribution in [2.24, 2.45) is 12.8 Å². The third kappa shape index (κ3) is 2.59. The van der Waals surface area contributed by atoms with Crippen molar-refractivity contribution >= 4 is 28.6 Å². The molecule has 0 aromatic carbocycles. The molecule has 0 radical (unpaired) electrons. The first kappa shape index (κ1) is 11.5. The second-order valence-electron chi connectivity index (χ2n) is 3.72. The van der Waals surface area contributed by atoms with Gasteiger partial charge in [-0.25, -0.2) is 0 Å². The number of nitrogens with one attached hydrogen (secondary N) is 1. The van der Waals surface area contributed by atoms with Gasteiger partial charge in [-0.1, -0.05) is 12.2 Å². The van der Waals surface area contributed by atoms with E-state index in [1.165, 1.54) is 0 Å². The largest absolute Gasteiger partial charge is 0.388 e. The molecule has 0 fully saturated rings. The van der Waals surface area contributed by atoms with Crippen LogP contribution >= 0.6 is 12.2 Å². The van der Waals surface area contributed by atoms with Crippen LogP contribution in [-0.2, 0) is 7.05 Å². The molecule has 6 heteroatoms. The van der Waals surface area contributed by atoms with Gasteiger partial charge in [0.25, 0.3) is 0 Å². The van der Waals surface area contributed by atoms with Crippen LogP contribution in [0.4, 0.5) is 11.4 Å². The van der Waals surface area contributed by atoms with Crippen LogP contribution in [0.2, 0.25) is 0 Å². The van der Waals surface area contributed by atoms with Gasteiger partial charge in [0.1, 0.15) is 4.99 Å². The first-order valence-electron chi connectivity index (χ1n) is 5.09. The Balaban J connectivity index is 2.19. The molecule has 0 aliphatic rings. The summed E-state index contributed by atoms with van der Waals surface area (Å²) in [6, 6.07) is 3.67. The monoisotopic (exact) mass is 247 g/mol. The highest BCUT2D eigenvalue weighted by atomic mass is 32.1. The van der Waals surface area contributed by atoms with Crippen LogP contribution in [0.5, 0.6) is 0 Å². The minimum absolute atomic E-state index is 0.300. The molecule has 2 rings (SSSR count). The lowest BCUT2D eigenvalue weighted by Gasteiger charge is -2.04. The van der Waals surface area contributed by atoms with E-state index in [0.717, 1.165) is 17.1 Å². The Morgan fingerprint density at radius 1 is 1.47 bits per heavy atom. The lowest BCUT2D eigenvalue weighted by molar-refractivity contribution is 0.756. The van der Waals surface area contributed by atoms with Gasteiger partial charge in [0.15, 0.2) is 0 Å². The predicted molar refractivity (Wildman–Crippen MR) is 71.4 cm³/mol. The summed E-state index contributed by atoms with van der Waals surface area (Å²) in [5.41, 5.74) is 8.87. The van der Waals surface area contributed by atoms with E-state index in [4.69, 9.17) is 18.0 Å². The summed E-state index contributed by atoms with van der Waals surface area (Å²) in [5, 5.41) is 7.48. The van der Waals surface area contributed by atoms with E-state index in [1.807, 2.05) is 26.2 Å². The highest BCUT2D eigenvalue weighted by molar-refractivity contribution is 7.80. The van der Waals surface area contributed by atoms with Crippen molar-refractivity contribution in [3.63, 3.8) is 0 Å². The molecule has 2 aromatic rings. The second kappa shape index (κ2) is 4.50. The van der Waals surface area contributed by atoms with Gasteiger partial charge in [-0.3, -0.25) is 9.67 Å². The number of nitrogens with two attached hydrogens (primary N) is 1. The maximum absolute atomic E-state index is 5.48. The van der Waals surface area contributed by atoms with Crippen LogP contribution < -0.4 is 11.1 Å². The van der Waals surface area contributed by atoms with Crippen molar-refractivity contribution in [2.75, 3.05) is 5.32 Å². The first-order valence-corrected chi connectivity index (χ1v) is 5.50. The van der Waals surface area contributed by atoms with Crippen LogP contribution in [-0.4, -0.2) is 19.8 Å². The van der Waals surface area contributed by atoms with Gasteiger partial charge >= 0.3 is 0 Å². The van der Waals surface area contributed by atoms with Gasteiger partial charge in [0.2, 0.25) is 0 Å². The lowest BCUT2D eigenvalue weighted by atomic mass is 10.3. The molecule has 0 amide bonds. The third-order valence-corrected chi connectivity index (χ3v) is 2.52. The molecular formula is C11H13N5S. The van der Waals surface area contributed by atoms with Gasteiger partial charge in [-0.05, 0) is 19.1 Å². The van der Waals surface area contributed by atoms with Crippen molar-refractivity contribution in [2.45, 2.75) is 6.92 Å². The molecule has 0 bridgehead atoms. The first-order chi connectivity index (χ1) is 8.06. The van der Waals surface area contributed by atoms with Crippen molar-refractivity contribution in [1.82, 2.24) is 14.8 Å². The Kier molecular flexibility index (Phi) is 3.06. The van der Waals surface area contributed by atoms with E-state index in [1.54, 1.807) is 16.9 Å². The van der Waals surface area contributed by atoms with Gasteiger partial charge < -0.3 is 11.1 Å². The molecular weight excluding hydrogens is 234 g/mol. The summed E-state index contributed by atoms with van der Waals surface area (Å²) in [7, 11) is 1.88. The molecule has 0 saturated carbocycles. The minimum Gasteiger partial charge on any atom is -0.388 e. The average molecular weight is 247 g/mol. The van der Waals surface area contributed by atoms with E-state index < -0.39 is 0 Å². The molecule has 3 N–H and O–H groups in total. The zero-order valence-corrected chi connectivity index (χ0v) is 10.5. The summed E-state index contributed by atoms with van der Waals surface area (Å²) in [6.45, 7) is 1.94. The standard InChI is InChI=1S/C11H13N5S/c1-7-10(6-16(2)15-7)14-8-3-4-9(11(12)17)13-5-8/h3-6,14H,1-2H3,(H2,12,17). The maximum Gasteiger partial charge on any atom is 0.122 e. The molecule has 0 aliphatic carbocycles. The minimum atomic E-state index is 0.300. The van der Waals surface area contributed by atoms with Crippen LogP contribution in [0, 0.1) is 6.92 Å². The fourth-order valence-corrected chi connectivity index (χ4v) is 1.61. The molecule has 88 valence electrons. The van der Waals surface area contributed by atoms with E-state index in [-0.39, 0.29) is 0 Å². The molecule has 0 atom stereocenters. The molecule has 0 unspecified atom stereocenters. The van der Waals surface area contributed by atoms with Gasteiger partial charge in [0.05, 0.1) is 29.0 Å². The normalized spacial score (nSPS) is 10.2. The molecule has 0 aliphatic heterocycles. The van der Waals surface area contributed by atoms with Crippen molar-refractivity contribution in [3.05, 3.63) is 35.9 Å².